The summed E-state index contributed by atoms with van der Waals surface area (Å²) >= 11 is 0. The van der Waals surface area contributed by atoms with E-state index in [1.165, 1.54) is 58.0 Å². The molecule has 18 heavy (non-hydrogen) atoms. The maximum Gasteiger partial charge on any atom is 0.153 e. The number of nitrogens with one attached hydrogen (secondary N) is 2. The van der Waals surface area contributed by atoms with Gasteiger partial charge in [0, 0.05) is 12.3 Å². The lowest BCUT2D eigenvalue weighted by Crippen LogP contribution is -2.30. The molecule has 100 valence electrons. The normalized spacial score (nSPS) is 25.7. The standard InChI is InChI=1S/C14H24N4/c1-2-6-12(5-1)14-16-13(17-18-14)8-7-11-4-3-9-15-10-11/h11-12,15H,1-10H2,(H,16,17,18). The Hall–Kier alpha value is -0.900. The van der Waals surface area contributed by atoms with E-state index in [1.807, 2.05) is 0 Å². The van der Waals surface area contributed by atoms with Crippen molar-refractivity contribution >= 4 is 0 Å². The van der Waals surface area contributed by atoms with Gasteiger partial charge >= 0.3 is 0 Å². The van der Waals surface area contributed by atoms with E-state index >= 15 is 0 Å². The molecule has 1 atom stereocenters. The van der Waals surface area contributed by atoms with Crippen molar-refractivity contribution in [3.63, 3.8) is 0 Å². The summed E-state index contributed by atoms with van der Waals surface area (Å²) in [6.07, 6.45) is 10.3. The molecule has 0 amide bonds. The fraction of sp³-hybridized carbons (Fsp3) is 0.857. The average Bonchev–Trinajstić information content (AvgIpc) is 3.08. The van der Waals surface area contributed by atoms with E-state index < -0.39 is 0 Å². The van der Waals surface area contributed by atoms with Crippen molar-refractivity contribution in [2.45, 2.75) is 57.3 Å². The zero-order chi connectivity index (χ0) is 12.2. The molecule has 0 bridgehead atoms. The van der Waals surface area contributed by atoms with Gasteiger partial charge in [-0.25, -0.2) is 4.98 Å². The highest BCUT2D eigenvalue weighted by atomic mass is 15.2. The van der Waals surface area contributed by atoms with Gasteiger partial charge in [-0.15, -0.1) is 0 Å². The van der Waals surface area contributed by atoms with Gasteiger partial charge in [0.25, 0.3) is 0 Å². The summed E-state index contributed by atoms with van der Waals surface area (Å²) in [5.74, 6) is 3.64. The zero-order valence-electron chi connectivity index (χ0n) is 11.1. The van der Waals surface area contributed by atoms with Crippen molar-refractivity contribution in [2.24, 2.45) is 5.92 Å². The topological polar surface area (TPSA) is 53.6 Å². The van der Waals surface area contributed by atoms with Gasteiger partial charge in [-0.3, -0.25) is 5.10 Å². The fourth-order valence-corrected chi connectivity index (χ4v) is 3.30. The third-order valence-corrected chi connectivity index (χ3v) is 4.46. The first-order valence-corrected chi connectivity index (χ1v) is 7.54. The Morgan fingerprint density at radius 2 is 2.00 bits per heavy atom. The molecule has 4 nitrogen and oxygen atoms in total. The van der Waals surface area contributed by atoms with Gasteiger partial charge in [0.15, 0.2) is 5.82 Å². The summed E-state index contributed by atoms with van der Waals surface area (Å²) in [5.41, 5.74) is 0. The molecule has 1 unspecified atom stereocenters. The van der Waals surface area contributed by atoms with Crippen LogP contribution in [0.15, 0.2) is 0 Å². The molecule has 1 aromatic heterocycles. The van der Waals surface area contributed by atoms with Crippen LogP contribution < -0.4 is 5.32 Å². The molecule has 0 spiro atoms. The molecule has 2 fully saturated rings. The van der Waals surface area contributed by atoms with Crippen LogP contribution in [0.5, 0.6) is 0 Å². The number of hydrogen-bond acceptors (Lipinski definition) is 3. The van der Waals surface area contributed by atoms with Crippen LogP contribution in [0.1, 0.15) is 62.5 Å². The largest absolute Gasteiger partial charge is 0.316 e. The average molecular weight is 248 g/mol. The molecular weight excluding hydrogens is 224 g/mol. The number of aromatic nitrogens is 3. The minimum absolute atomic E-state index is 0.631. The summed E-state index contributed by atoms with van der Waals surface area (Å²) in [5, 5.41) is 11.0. The SMILES string of the molecule is C1CNCC(CCc2nc(C3CCCC3)n[nH]2)C1. The summed E-state index contributed by atoms with van der Waals surface area (Å²) < 4.78 is 0. The second-order valence-corrected chi connectivity index (χ2v) is 5.87. The smallest absolute Gasteiger partial charge is 0.153 e. The molecule has 1 aromatic rings. The third-order valence-electron chi connectivity index (χ3n) is 4.46. The van der Waals surface area contributed by atoms with E-state index in [0.29, 0.717) is 5.92 Å². The van der Waals surface area contributed by atoms with Crippen molar-refractivity contribution < 1.29 is 0 Å². The van der Waals surface area contributed by atoms with Crippen molar-refractivity contribution in [3.05, 3.63) is 11.6 Å². The van der Waals surface area contributed by atoms with Crippen LogP contribution in [-0.2, 0) is 6.42 Å². The molecular formula is C14H24N4. The van der Waals surface area contributed by atoms with Crippen LogP contribution in [0, 0.1) is 5.92 Å². The summed E-state index contributed by atoms with van der Waals surface area (Å²) in [6.45, 7) is 2.38. The Labute approximate surface area is 109 Å². The molecule has 2 aliphatic rings. The second kappa shape index (κ2) is 5.83. The molecule has 1 aliphatic heterocycles. The van der Waals surface area contributed by atoms with Gasteiger partial charge in [0.1, 0.15) is 5.82 Å². The number of rotatable bonds is 4. The van der Waals surface area contributed by atoms with Crippen molar-refractivity contribution in [3.8, 4) is 0 Å². The van der Waals surface area contributed by atoms with Gasteiger partial charge in [-0.05, 0) is 51.1 Å². The van der Waals surface area contributed by atoms with Gasteiger partial charge in [0.05, 0.1) is 0 Å². The quantitative estimate of drug-likeness (QED) is 0.860. The molecule has 2 heterocycles. The highest BCUT2D eigenvalue weighted by Crippen LogP contribution is 2.31. The first-order chi connectivity index (χ1) is 8.92. The maximum atomic E-state index is 4.69. The molecule has 4 heteroatoms. The van der Waals surface area contributed by atoms with Crippen LogP contribution in [0.3, 0.4) is 0 Å². The van der Waals surface area contributed by atoms with Crippen LogP contribution in [0.2, 0.25) is 0 Å². The molecule has 0 radical (unpaired) electrons. The lowest BCUT2D eigenvalue weighted by molar-refractivity contribution is 0.356. The highest BCUT2D eigenvalue weighted by molar-refractivity contribution is 5.00. The van der Waals surface area contributed by atoms with Crippen LogP contribution in [-0.4, -0.2) is 28.3 Å². The summed E-state index contributed by atoms with van der Waals surface area (Å²) in [6, 6.07) is 0. The van der Waals surface area contributed by atoms with Gasteiger partial charge in [-0.1, -0.05) is 12.8 Å². The third kappa shape index (κ3) is 2.91. The number of nitrogens with zero attached hydrogens (tertiary/aromatic N) is 2. The minimum Gasteiger partial charge on any atom is -0.316 e. The van der Waals surface area contributed by atoms with Crippen LogP contribution in [0.4, 0.5) is 0 Å². The second-order valence-electron chi connectivity index (χ2n) is 5.87. The predicted molar refractivity (Wildman–Crippen MR) is 71.5 cm³/mol. The first kappa shape index (κ1) is 12.2. The number of aromatic amines is 1. The van der Waals surface area contributed by atoms with E-state index in [9.17, 15) is 0 Å². The summed E-state index contributed by atoms with van der Waals surface area (Å²) in [7, 11) is 0. The zero-order valence-corrected chi connectivity index (χ0v) is 11.1. The van der Waals surface area contributed by atoms with Crippen molar-refractivity contribution in [1.29, 1.82) is 0 Å². The molecule has 1 saturated carbocycles. The monoisotopic (exact) mass is 248 g/mol. The molecule has 2 N–H and O–H groups in total. The van der Waals surface area contributed by atoms with E-state index in [4.69, 9.17) is 0 Å². The molecule has 0 aromatic carbocycles. The number of H-pyrrole nitrogens is 1. The Morgan fingerprint density at radius 1 is 1.11 bits per heavy atom. The highest BCUT2D eigenvalue weighted by Gasteiger charge is 2.21. The Balaban J connectivity index is 1.50. The maximum absolute atomic E-state index is 4.69. The van der Waals surface area contributed by atoms with Crippen molar-refractivity contribution in [1.82, 2.24) is 20.5 Å². The lowest BCUT2D eigenvalue weighted by Gasteiger charge is -2.21. The van der Waals surface area contributed by atoms with E-state index in [2.05, 4.69) is 20.5 Å². The minimum atomic E-state index is 0.631. The Morgan fingerprint density at radius 3 is 2.78 bits per heavy atom. The van der Waals surface area contributed by atoms with E-state index in [0.717, 1.165) is 24.0 Å². The van der Waals surface area contributed by atoms with Crippen LogP contribution >= 0.6 is 0 Å². The first-order valence-electron chi connectivity index (χ1n) is 7.54. The van der Waals surface area contributed by atoms with E-state index in [1.54, 1.807) is 0 Å². The lowest BCUT2D eigenvalue weighted by atomic mass is 9.95. The Bertz CT molecular complexity index is 362. The summed E-state index contributed by atoms with van der Waals surface area (Å²) in [4.78, 5) is 4.69. The molecule has 3 rings (SSSR count). The van der Waals surface area contributed by atoms with Gasteiger partial charge in [-0.2, -0.15) is 5.10 Å². The number of hydrogen-bond donors (Lipinski definition) is 2. The van der Waals surface area contributed by atoms with Crippen LogP contribution in [0.25, 0.3) is 0 Å². The number of aryl methyl sites for hydroxylation is 1. The number of piperidine rings is 1. The Kier molecular flexibility index (Phi) is 3.93. The molecule has 1 saturated heterocycles. The van der Waals surface area contributed by atoms with Gasteiger partial charge in [0.2, 0.25) is 0 Å². The molecule has 1 aliphatic carbocycles. The predicted octanol–water partition coefficient (Wildman–Crippen LogP) is 2.39. The van der Waals surface area contributed by atoms with Crippen molar-refractivity contribution in [2.75, 3.05) is 13.1 Å². The van der Waals surface area contributed by atoms with Gasteiger partial charge < -0.3 is 5.32 Å². The van der Waals surface area contributed by atoms with E-state index in [-0.39, 0.29) is 0 Å². The fourth-order valence-electron chi connectivity index (χ4n) is 3.30.